The average Bonchev–Trinajstić information content (AvgIpc) is 2.39. The first-order chi connectivity index (χ1) is 9.02. The number of hydrogen-bond donors (Lipinski definition) is 0. The summed E-state index contributed by atoms with van der Waals surface area (Å²) in [6.07, 6.45) is 1.06. The molecule has 2 atom stereocenters. The molecule has 5 nitrogen and oxygen atoms in total. The number of anilines is 1. The van der Waals surface area contributed by atoms with Crippen LogP contribution in [0.5, 0.6) is 0 Å². The number of nitrogens with zero attached hydrogens (tertiary/aromatic N) is 2. The lowest BCUT2D eigenvalue weighted by Crippen LogP contribution is -2.44. The third-order valence-corrected chi connectivity index (χ3v) is 3.90. The second kappa shape index (κ2) is 5.75. The van der Waals surface area contributed by atoms with Gasteiger partial charge in [-0.1, -0.05) is 18.5 Å². The molecule has 0 spiro atoms. The van der Waals surface area contributed by atoms with Crippen molar-refractivity contribution in [2.45, 2.75) is 19.4 Å². The van der Waals surface area contributed by atoms with Crippen molar-refractivity contribution in [1.29, 1.82) is 0 Å². The van der Waals surface area contributed by atoms with Gasteiger partial charge < -0.3 is 9.64 Å². The summed E-state index contributed by atoms with van der Waals surface area (Å²) in [7, 11) is 1.68. The third kappa shape index (κ3) is 2.98. The molecule has 0 bridgehead atoms. The molecule has 2 rings (SSSR count). The number of ether oxygens (including phenoxy) is 1. The Morgan fingerprint density at radius 2 is 2.26 bits per heavy atom. The number of nitro benzene ring substituents is 1. The Kier molecular flexibility index (Phi) is 4.27. The number of rotatable bonds is 3. The van der Waals surface area contributed by atoms with Gasteiger partial charge in [0.1, 0.15) is 5.69 Å². The van der Waals surface area contributed by atoms with Gasteiger partial charge in [0.25, 0.3) is 5.69 Å². The first-order valence-corrected chi connectivity index (χ1v) is 6.62. The Balaban J connectivity index is 2.29. The van der Waals surface area contributed by atoms with Gasteiger partial charge in [-0.2, -0.15) is 0 Å². The van der Waals surface area contributed by atoms with E-state index in [0.717, 1.165) is 13.0 Å². The molecular weight excluding hydrogens is 268 g/mol. The summed E-state index contributed by atoms with van der Waals surface area (Å²) in [6, 6.07) is 4.80. The summed E-state index contributed by atoms with van der Waals surface area (Å²) >= 11 is 5.83. The second-order valence-electron chi connectivity index (χ2n) is 4.88. The number of methoxy groups -OCH3 is 1. The molecule has 1 saturated heterocycles. The zero-order valence-electron chi connectivity index (χ0n) is 11.0. The minimum Gasteiger partial charge on any atom is -0.379 e. The topological polar surface area (TPSA) is 55.6 Å². The van der Waals surface area contributed by atoms with Gasteiger partial charge in [0.05, 0.1) is 11.0 Å². The molecule has 19 heavy (non-hydrogen) atoms. The summed E-state index contributed by atoms with van der Waals surface area (Å²) in [5.74, 6) is 0.465. The van der Waals surface area contributed by atoms with Gasteiger partial charge in [-0.05, 0) is 24.5 Å². The number of nitro groups is 1. The highest BCUT2D eigenvalue weighted by Crippen LogP contribution is 2.34. The van der Waals surface area contributed by atoms with E-state index in [1.807, 2.05) is 4.90 Å². The van der Waals surface area contributed by atoms with Crippen molar-refractivity contribution in [2.75, 3.05) is 25.1 Å². The molecule has 0 saturated carbocycles. The first kappa shape index (κ1) is 14.1. The minimum atomic E-state index is -0.388. The van der Waals surface area contributed by atoms with Gasteiger partial charge in [0.15, 0.2) is 0 Å². The van der Waals surface area contributed by atoms with Crippen LogP contribution in [0.2, 0.25) is 5.02 Å². The van der Waals surface area contributed by atoms with Crippen LogP contribution >= 0.6 is 11.6 Å². The van der Waals surface area contributed by atoms with Crippen LogP contribution in [0.3, 0.4) is 0 Å². The van der Waals surface area contributed by atoms with Crippen molar-refractivity contribution in [3.63, 3.8) is 0 Å². The summed E-state index contributed by atoms with van der Waals surface area (Å²) in [5.41, 5.74) is 0.667. The monoisotopic (exact) mass is 284 g/mol. The molecule has 6 heteroatoms. The van der Waals surface area contributed by atoms with Crippen molar-refractivity contribution in [3.05, 3.63) is 33.3 Å². The van der Waals surface area contributed by atoms with Crippen LogP contribution in [0.25, 0.3) is 0 Å². The Labute approximate surface area is 117 Å². The largest absolute Gasteiger partial charge is 0.379 e. The molecule has 0 N–H and O–H groups in total. The average molecular weight is 285 g/mol. The minimum absolute atomic E-state index is 0.0527. The lowest BCUT2D eigenvalue weighted by Gasteiger charge is -2.37. The molecule has 0 amide bonds. The normalized spacial score (nSPS) is 23.4. The molecule has 104 valence electrons. The van der Waals surface area contributed by atoms with Crippen molar-refractivity contribution < 1.29 is 9.66 Å². The molecule has 1 aliphatic heterocycles. The Morgan fingerprint density at radius 3 is 2.89 bits per heavy atom. The quantitative estimate of drug-likeness (QED) is 0.632. The van der Waals surface area contributed by atoms with E-state index in [2.05, 4.69) is 6.92 Å². The van der Waals surface area contributed by atoms with E-state index in [4.69, 9.17) is 16.3 Å². The molecule has 1 heterocycles. The fourth-order valence-electron chi connectivity index (χ4n) is 2.47. The SMILES string of the molecule is COC1CN(c2ccc(Cl)cc2[N+](=O)[O-])CCC1C. The maximum Gasteiger partial charge on any atom is 0.294 e. The zero-order valence-corrected chi connectivity index (χ0v) is 11.8. The zero-order chi connectivity index (χ0) is 14.0. The molecule has 0 aromatic heterocycles. The summed E-state index contributed by atoms with van der Waals surface area (Å²) < 4.78 is 5.44. The Morgan fingerprint density at radius 1 is 1.53 bits per heavy atom. The number of halogens is 1. The summed E-state index contributed by atoms with van der Waals surface area (Å²) in [4.78, 5) is 12.7. The van der Waals surface area contributed by atoms with E-state index in [0.29, 0.717) is 23.2 Å². The maximum atomic E-state index is 11.1. The molecule has 0 aliphatic carbocycles. The molecule has 1 aromatic carbocycles. The predicted molar refractivity (Wildman–Crippen MR) is 74.9 cm³/mol. The lowest BCUT2D eigenvalue weighted by atomic mass is 9.95. The highest BCUT2D eigenvalue weighted by atomic mass is 35.5. The van der Waals surface area contributed by atoms with Crippen molar-refractivity contribution in [2.24, 2.45) is 5.92 Å². The first-order valence-electron chi connectivity index (χ1n) is 6.24. The Bertz CT molecular complexity index is 481. The molecule has 1 aromatic rings. The molecule has 1 fully saturated rings. The van der Waals surface area contributed by atoms with Crippen molar-refractivity contribution in [3.8, 4) is 0 Å². The standard InChI is InChI=1S/C13H17ClN2O3/c1-9-5-6-15(8-13(9)19-2)11-4-3-10(14)7-12(11)16(17)18/h3-4,7,9,13H,5-6,8H2,1-2H3. The summed E-state index contributed by atoms with van der Waals surface area (Å²) in [6.45, 7) is 3.60. The fourth-order valence-corrected chi connectivity index (χ4v) is 2.64. The smallest absolute Gasteiger partial charge is 0.294 e. The number of piperidine rings is 1. The van der Waals surface area contributed by atoms with Crippen LogP contribution in [0.15, 0.2) is 18.2 Å². The molecular formula is C13H17ClN2O3. The van der Waals surface area contributed by atoms with Crippen molar-refractivity contribution in [1.82, 2.24) is 0 Å². The van der Waals surface area contributed by atoms with E-state index in [1.165, 1.54) is 6.07 Å². The van der Waals surface area contributed by atoms with Gasteiger partial charge in [0, 0.05) is 31.3 Å². The number of benzene rings is 1. The second-order valence-corrected chi connectivity index (χ2v) is 5.31. The predicted octanol–water partition coefficient (Wildman–Crippen LogP) is 3.11. The van der Waals surface area contributed by atoms with Crippen LogP contribution in [-0.2, 0) is 4.74 Å². The van der Waals surface area contributed by atoms with E-state index in [-0.39, 0.29) is 16.7 Å². The van der Waals surface area contributed by atoms with Crippen LogP contribution in [0.1, 0.15) is 13.3 Å². The Hall–Kier alpha value is -1.33. The highest BCUT2D eigenvalue weighted by molar-refractivity contribution is 6.30. The summed E-state index contributed by atoms with van der Waals surface area (Å²) in [5, 5.41) is 11.5. The van der Waals surface area contributed by atoms with Gasteiger partial charge in [0.2, 0.25) is 0 Å². The van der Waals surface area contributed by atoms with Crippen LogP contribution in [0, 0.1) is 16.0 Å². The van der Waals surface area contributed by atoms with Gasteiger partial charge in [-0.3, -0.25) is 10.1 Å². The maximum absolute atomic E-state index is 11.1. The highest BCUT2D eigenvalue weighted by Gasteiger charge is 2.29. The fraction of sp³-hybridized carbons (Fsp3) is 0.538. The van der Waals surface area contributed by atoms with Crippen LogP contribution < -0.4 is 4.90 Å². The van der Waals surface area contributed by atoms with Gasteiger partial charge in [-0.25, -0.2) is 0 Å². The molecule has 1 aliphatic rings. The number of hydrogen-bond acceptors (Lipinski definition) is 4. The van der Waals surface area contributed by atoms with Crippen LogP contribution in [-0.4, -0.2) is 31.2 Å². The lowest BCUT2D eigenvalue weighted by molar-refractivity contribution is -0.384. The van der Waals surface area contributed by atoms with Crippen molar-refractivity contribution >= 4 is 23.0 Å². The third-order valence-electron chi connectivity index (χ3n) is 3.67. The van der Waals surface area contributed by atoms with E-state index in [9.17, 15) is 10.1 Å². The molecule has 2 unspecified atom stereocenters. The van der Waals surface area contributed by atoms with E-state index in [1.54, 1.807) is 19.2 Å². The van der Waals surface area contributed by atoms with Gasteiger partial charge >= 0.3 is 0 Å². The van der Waals surface area contributed by atoms with E-state index >= 15 is 0 Å². The van der Waals surface area contributed by atoms with E-state index < -0.39 is 0 Å². The van der Waals surface area contributed by atoms with Crippen LogP contribution in [0.4, 0.5) is 11.4 Å². The molecule has 0 radical (unpaired) electrons. The van der Waals surface area contributed by atoms with Gasteiger partial charge in [-0.15, -0.1) is 0 Å².